The van der Waals surface area contributed by atoms with Crippen molar-refractivity contribution >= 4 is 34.0 Å². The second-order valence-corrected chi connectivity index (χ2v) is 6.53. The van der Waals surface area contributed by atoms with Crippen LogP contribution in [-0.2, 0) is 0 Å². The summed E-state index contributed by atoms with van der Waals surface area (Å²) in [5.41, 5.74) is 4.85. The first-order valence-electron chi connectivity index (χ1n) is 7.39. The number of hydrogen-bond donors (Lipinski definition) is 1. The van der Waals surface area contributed by atoms with Crippen LogP contribution in [0.4, 0.5) is 5.13 Å². The summed E-state index contributed by atoms with van der Waals surface area (Å²) in [4.78, 5) is 5.67. The standard InChI is InChI=1S/C17H17N3O2S2/c1-3-22-15-9-12(6-7-14(15)21-2)10-18-20-17-19-13(11-24-17)16-5-4-8-23-16/h4-11H,3H2,1-2H3,(H,19,20)/b18-10-. The first-order valence-corrected chi connectivity index (χ1v) is 9.15. The molecule has 124 valence electrons. The van der Waals surface area contributed by atoms with Gasteiger partial charge < -0.3 is 9.47 Å². The Balaban J connectivity index is 1.67. The van der Waals surface area contributed by atoms with Crippen LogP contribution >= 0.6 is 22.7 Å². The largest absolute Gasteiger partial charge is 0.493 e. The molecule has 0 fully saturated rings. The van der Waals surface area contributed by atoms with Gasteiger partial charge >= 0.3 is 0 Å². The molecule has 0 radical (unpaired) electrons. The minimum absolute atomic E-state index is 0.583. The molecule has 1 N–H and O–H groups in total. The van der Waals surface area contributed by atoms with E-state index in [2.05, 4.69) is 21.6 Å². The summed E-state index contributed by atoms with van der Waals surface area (Å²) in [6.07, 6.45) is 1.73. The molecule has 0 spiro atoms. The first kappa shape index (κ1) is 16.5. The number of ether oxygens (including phenoxy) is 2. The zero-order chi connectivity index (χ0) is 16.8. The van der Waals surface area contributed by atoms with Crippen molar-refractivity contribution in [1.82, 2.24) is 4.98 Å². The maximum Gasteiger partial charge on any atom is 0.203 e. The molecule has 0 saturated heterocycles. The topological polar surface area (TPSA) is 55.7 Å². The number of nitrogens with one attached hydrogen (secondary N) is 1. The first-order chi connectivity index (χ1) is 11.8. The fourth-order valence-corrected chi connectivity index (χ4v) is 3.49. The molecule has 1 aromatic carbocycles. The number of benzene rings is 1. The maximum atomic E-state index is 5.56. The Hall–Kier alpha value is -2.38. The van der Waals surface area contributed by atoms with Crippen LogP contribution in [0.5, 0.6) is 11.5 Å². The molecular weight excluding hydrogens is 342 g/mol. The van der Waals surface area contributed by atoms with E-state index in [4.69, 9.17) is 9.47 Å². The van der Waals surface area contributed by atoms with Crippen LogP contribution in [0.15, 0.2) is 46.2 Å². The summed E-state index contributed by atoms with van der Waals surface area (Å²) in [5.74, 6) is 1.42. The van der Waals surface area contributed by atoms with Gasteiger partial charge in [0.05, 0.1) is 30.5 Å². The minimum atomic E-state index is 0.583. The number of hydrazone groups is 1. The molecule has 7 heteroatoms. The SMILES string of the molecule is CCOc1cc(/C=N\Nc2nc(-c3cccs3)cs2)ccc1OC. The van der Waals surface area contributed by atoms with Gasteiger partial charge in [-0.05, 0) is 42.1 Å². The number of rotatable bonds is 7. The highest BCUT2D eigenvalue weighted by atomic mass is 32.1. The number of methoxy groups -OCH3 is 1. The van der Waals surface area contributed by atoms with E-state index in [1.807, 2.05) is 41.9 Å². The predicted molar refractivity (Wildman–Crippen MR) is 101 cm³/mol. The predicted octanol–water partition coefficient (Wildman–Crippen LogP) is 4.72. The van der Waals surface area contributed by atoms with Crippen molar-refractivity contribution in [3.8, 4) is 22.1 Å². The van der Waals surface area contributed by atoms with Crippen molar-refractivity contribution in [3.05, 3.63) is 46.7 Å². The van der Waals surface area contributed by atoms with Crippen molar-refractivity contribution < 1.29 is 9.47 Å². The van der Waals surface area contributed by atoms with Crippen LogP contribution in [0, 0.1) is 0 Å². The summed E-state index contributed by atoms with van der Waals surface area (Å²) in [5, 5.41) is 9.06. The number of hydrogen-bond acceptors (Lipinski definition) is 7. The van der Waals surface area contributed by atoms with E-state index in [0.29, 0.717) is 18.1 Å². The van der Waals surface area contributed by atoms with Gasteiger partial charge in [0, 0.05) is 5.38 Å². The van der Waals surface area contributed by atoms with Crippen LogP contribution in [0.1, 0.15) is 12.5 Å². The van der Waals surface area contributed by atoms with Gasteiger partial charge in [-0.3, -0.25) is 5.43 Å². The summed E-state index contributed by atoms with van der Waals surface area (Å²) in [6, 6.07) is 9.76. The number of nitrogens with zero attached hydrogens (tertiary/aromatic N) is 2. The van der Waals surface area contributed by atoms with Crippen molar-refractivity contribution in [3.63, 3.8) is 0 Å². The van der Waals surface area contributed by atoms with Crippen LogP contribution in [-0.4, -0.2) is 24.9 Å². The molecule has 0 saturated carbocycles. The summed E-state index contributed by atoms with van der Waals surface area (Å²) < 4.78 is 10.8. The molecule has 0 aliphatic carbocycles. The van der Waals surface area contributed by atoms with Crippen molar-refractivity contribution in [2.75, 3.05) is 19.1 Å². The zero-order valence-corrected chi connectivity index (χ0v) is 15.0. The van der Waals surface area contributed by atoms with Gasteiger partial charge in [-0.15, -0.1) is 22.7 Å². The van der Waals surface area contributed by atoms with E-state index in [0.717, 1.165) is 21.3 Å². The number of thiazole rings is 1. The summed E-state index contributed by atoms with van der Waals surface area (Å²) in [7, 11) is 1.63. The average Bonchev–Trinajstić information content (AvgIpc) is 3.27. The Bertz CT molecular complexity index is 813. The van der Waals surface area contributed by atoms with E-state index in [-0.39, 0.29) is 0 Å². The number of anilines is 1. The molecule has 3 aromatic rings. The Kier molecular flexibility index (Phi) is 5.45. The van der Waals surface area contributed by atoms with E-state index < -0.39 is 0 Å². The fourth-order valence-electron chi connectivity index (χ4n) is 2.07. The molecule has 0 unspecified atom stereocenters. The van der Waals surface area contributed by atoms with Gasteiger partial charge in [0.2, 0.25) is 5.13 Å². The second kappa shape index (κ2) is 7.94. The van der Waals surface area contributed by atoms with Crippen molar-refractivity contribution in [1.29, 1.82) is 0 Å². The maximum absolute atomic E-state index is 5.56. The molecule has 5 nitrogen and oxygen atoms in total. The zero-order valence-electron chi connectivity index (χ0n) is 13.4. The minimum Gasteiger partial charge on any atom is -0.493 e. The average molecular weight is 359 g/mol. The summed E-state index contributed by atoms with van der Waals surface area (Å²) >= 11 is 3.20. The van der Waals surface area contributed by atoms with Gasteiger partial charge in [-0.1, -0.05) is 6.07 Å². The quantitative estimate of drug-likeness (QED) is 0.490. The van der Waals surface area contributed by atoms with E-state index in [1.165, 1.54) is 11.3 Å². The van der Waals surface area contributed by atoms with Crippen molar-refractivity contribution in [2.24, 2.45) is 5.10 Å². The highest BCUT2D eigenvalue weighted by molar-refractivity contribution is 7.15. The Morgan fingerprint density at radius 3 is 2.92 bits per heavy atom. The lowest BCUT2D eigenvalue weighted by Gasteiger charge is -2.09. The van der Waals surface area contributed by atoms with Crippen LogP contribution in [0.3, 0.4) is 0 Å². The van der Waals surface area contributed by atoms with Gasteiger partial charge in [0.15, 0.2) is 11.5 Å². The second-order valence-electron chi connectivity index (χ2n) is 4.73. The molecule has 0 aliphatic rings. The molecule has 24 heavy (non-hydrogen) atoms. The number of thiophene rings is 1. The highest BCUT2D eigenvalue weighted by Gasteiger charge is 2.05. The fraction of sp³-hybridized carbons (Fsp3) is 0.176. The Morgan fingerprint density at radius 2 is 2.17 bits per heavy atom. The molecule has 0 atom stereocenters. The molecule has 0 aliphatic heterocycles. The van der Waals surface area contributed by atoms with Crippen molar-refractivity contribution in [2.45, 2.75) is 6.92 Å². The molecule has 2 heterocycles. The monoisotopic (exact) mass is 359 g/mol. The third-order valence-electron chi connectivity index (χ3n) is 3.14. The summed E-state index contributed by atoms with van der Waals surface area (Å²) in [6.45, 7) is 2.52. The van der Waals surface area contributed by atoms with Crippen LogP contribution in [0.25, 0.3) is 10.6 Å². The normalized spacial score (nSPS) is 10.9. The van der Waals surface area contributed by atoms with Crippen LogP contribution < -0.4 is 14.9 Å². The number of aromatic nitrogens is 1. The molecular formula is C17H17N3O2S2. The van der Waals surface area contributed by atoms with Gasteiger partial charge in [-0.25, -0.2) is 4.98 Å². The lowest BCUT2D eigenvalue weighted by atomic mass is 10.2. The van der Waals surface area contributed by atoms with E-state index in [9.17, 15) is 0 Å². The third kappa shape index (κ3) is 3.93. The molecule has 0 amide bonds. The smallest absolute Gasteiger partial charge is 0.203 e. The lowest BCUT2D eigenvalue weighted by molar-refractivity contribution is 0.311. The Morgan fingerprint density at radius 1 is 1.25 bits per heavy atom. The molecule has 3 rings (SSSR count). The van der Waals surface area contributed by atoms with E-state index >= 15 is 0 Å². The van der Waals surface area contributed by atoms with Gasteiger partial charge in [0.1, 0.15) is 0 Å². The van der Waals surface area contributed by atoms with Gasteiger partial charge in [0.25, 0.3) is 0 Å². The van der Waals surface area contributed by atoms with Gasteiger partial charge in [-0.2, -0.15) is 5.10 Å². The molecule has 2 aromatic heterocycles. The molecule has 0 bridgehead atoms. The van der Waals surface area contributed by atoms with Crippen LogP contribution in [0.2, 0.25) is 0 Å². The third-order valence-corrected chi connectivity index (χ3v) is 4.78. The van der Waals surface area contributed by atoms with E-state index in [1.54, 1.807) is 24.7 Å². The lowest BCUT2D eigenvalue weighted by Crippen LogP contribution is -1.97. The highest BCUT2D eigenvalue weighted by Crippen LogP contribution is 2.29. The Labute approximate surface area is 148 Å².